The number of carbonyl (C=O) groups is 2. The average Bonchev–Trinajstić information content (AvgIpc) is 3.01. The molecule has 1 aliphatic heterocycles. The van der Waals surface area contributed by atoms with Gasteiger partial charge in [0.2, 0.25) is 11.8 Å². The summed E-state index contributed by atoms with van der Waals surface area (Å²) < 4.78 is 37.8. The smallest absolute Gasteiger partial charge is 0.353 e. The van der Waals surface area contributed by atoms with E-state index in [0.29, 0.717) is 18.0 Å². The fraction of sp³-hybridized carbons (Fsp3) is 0.389. The molecule has 9 heteroatoms. The molecule has 1 aliphatic rings. The van der Waals surface area contributed by atoms with Gasteiger partial charge in [0.1, 0.15) is 0 Å². The van der Waals surface area contributed by atoms with E-state index in [9.17, 15) is 22.8 Å². The molecule has 0 aliphatic carbocycles. The van der Waals surface area contributed by atoms with E-state index in [4.69, 9.17) is 0 Å². The molecule has 27 heavy (non-hydrogen) atoms. The second-order valence-corrected chi connectivity index (χ2v) is 7.53. The zero-order valence-electron chi connectivity index (χ0n) is 14.3. The molecule has 2 heterocycles. The molecule has 5 nitrogen and oxygen atoms in total. The van der Waals surface area contributed by atoms with Gasteiger partial charge in [0.05, 0.1) is 5.56 Å². The summed E-state index contributed by atoms with van der Waals surface area (Å²) in [7, 11) is 0. The summed E-state index contributed by atoms with van der Waals surface area (Å²) in [5, 5.41) is 5.93. The van der Waals surface area contributed by atoms with E-state index in [1.807, 2.05) is 0 Å². The van der Waals surface area contributed by atoms with Gasteiger partial charge in [0.25, 0.3) is 0 Å². The maximum Gasteiger partial charge on any atom is 0.416 e. The standard InChI is InChI=1S/C18H18F3N3O2S/c19-18(20,21)12-6-4-11(5-7-12)8-14-10-22-17(27-14)24-16(26)9-13-2-1-3-15(25)23-13/h4-7,10,13H,1-3,8-9H2,(H,23,25)(H,22,24,26). The van der Waals surface area contributed by atoms with Gasteiger partial charge in [-0.2, -0.15) is 13.2 Å². The highest BCUT2D eigenvalue weighted by Gasteiger charge is 2.29. The van der Waals surface area contributed by atoms with E-state index in [2.05, 4.69) is 15.6 Å². The number of thiazole rings is 1. The Hall–Kier alpha value is -2.42. The molecule has 0 spiro atoms. The number of anilines is 1. The largest absolute Gasteiger partial charge is 0.416 e. The number of halogens is 3. The number of rotatable bonds is 5. The zero-order chi connectivity index (χ0) is 19.4. The summed E-state index contributed by atoms with van der Waals surface area (Å²) in [6.07, 6.45) is -0.0745. The SMILES string of the molecule is O=C(CC1CCCC(=O)N1)Nc1ncc(Cc2ccc(C(F)(F)F)cc2)s1. The number of piperidine rings is 1. The van der Waals surface area contributed by atoms with Crippen LogP contribution in [-0.2, 0) is 22.2 Å². The number of carbonyl (C=O) groups excluding carboxylic acids is 2. The Kier molecular flexibility index (Phi) is 5.79. The lowest BCUT2D eigenvalue weighted by atomic mass is 10.0. The van der Waals surface area contributed by atoms with Gasteiger partial charge in [-0.25, -0.2) is 4.98 Å². The highest BCUT2D eigenvalue weighted by atomic mass is 32.1. The number of nitrogens with zero attached hydrogens (tertiary/aromatic N) is 1. The van der Waals surface area contributed by atoms with Crippen LogP contribution in [0.15, 0.2) is 30.5 Å². The Labute approximate surface area is 158 Å². The van der Waals surface area contributed by atoms with Crippen molar-refractivity contribution in [1.82, 2.24) is 10.3 Å². The second-order valence-electron chi connectivity index (χ2n) is 6.41. The topological polar surface area (TPSA) is 71.1 Å². The first-order valence-electron chi connectivity index (χ1n) is 8.49. The Balaban J connectivity index is 1.53. The molecule has 1 unspecified atom stereocenters. The van der Waals surface area contributed by atoms with Crippen LogP contribution in [0.4, 0.5) is 18.3 Å². The van der Waals surface area contributed by atoms with Crippen LogP contribution in [0.25, 0.3) is 0 Å². The van der Waals surface area contributed by atoms with Crippen molar-refractivity contribution < 1.29 is 22.8 Å². The fourth-order valence-corrected chi connectivity index (χ4v) is 3.75. The minimum Gasteiger partial charge on any atom is -0.353 e. The number of amides is 2. The van der Waals surface area contributed by atoms with Gasteiger partial charge in [-0.3, -0.25) is 9.59 Å². The number of benzene rings is 1. The summed E-state index contributed by atoms with van der Waals surface area (Å²) in [5.74, 6) is -0.259. The summed E-state index contributed by atoms with van der Waals surface area (Å²) in [6, 6.07) is 4.83. The van der Waals surface area contributed by atoms with Crippen molar-refractivity contribution in [1.29, 1.82) is 0 Å². The van der Waals surface area contributed by atoms with Crippen LogP contribution in [0.1, 0.15) is 41.7 Å². The molecule has 1 aromatic heterocycles. The second kappa shape index (κ2) is 8.08. The predicted molar refractivity (Wildman–Crippen MR) is 95.4 cm³/mol. The molecule has 0 bridgehead atoms. The van der Waals surface area contributed by atoms with Gasteiger partial charge < -0.3 is 10.6 Å². The molecule has 1 saturated heterocycles. The number of alkyl halides is 3. The third-order valence-corrected chi connectivity index (χ3v) is 5.13. The first-order valence-corrected chi connectivity index (χ1v) is 9.31. The van der Waals surface area contributed by atoms with Crippen LogP contribution < -0.4 is 10.6 Å². The van der Waals surface area contributed by atoms with Crippen molar-refractivity contribution in [3.8, 4) is 0 Å². The van der Waals surface area contributed by atoms with Gasteiger partial charge >= 0.3 is 6.18 Å². The minimum atomic E-state index is -4.35. The van der Waals surface area contributed by atoms with E-state index in [1.54, 1.807) is 6.20 Å². The minimum absolute atomic E-state index is 0.0351. The number of nitrogens with one attached hydrogen (secondary N) is 2. The summed E-state index contributed by atoms with van der Waals surface area (Å²) in [4.78, 5) is 28.4. The van der Waals surface area contributed by atoms with Gasteiger partial charge in [-0.1, -0.05) is 12.1 Å². The summed E-state index contributed by atoms with van der Waals surface area (Å²) in [5.41, 5.74) is 0.0488. The van der Waals surface area contributed by atoms with Gasteiger partial charge in [0, 0.05) is 36.4 Å². The maximum absolute atomic E-state index is 12.6. The highest BCUT2D eigenvalue weighted by molar-refractivity contribution is 7.15. The van der Waals surface area contributed by atoms with Crippen LogP contribution >= 0.6 is 11.3 Å². The average molecular weight is 397 g/mol. The highest BCUT2D eigenvalue weighted by Crippen LogP contribution is 2.30. The van der Waals surface area contributed by atoms with Crippen LogP contribution in [0.5, 0.6) is 0 Å². The van der Waals surface area contributed by atoms with E-state index < -0.39 is 11.7 Å². The van der Waals surface area contributed by atoms with E-state index in [0.717, 1.165) is 35.4 Å². The number of aromatic nitrogens is 1. The summed E-state index contributed by atoms with van der Waals surface area (Å²) in [6.45, 7) is 0. The molecule has 0 saturated carbocycles. The molecular weight excluding hydrogens is 379 g/mol. The van der Waals surface area contributed by atoms with Crippen LogP contribution in [0.3, 0.4) is 0 Å². The van der Waals surface area contributed by atoms with Crippen LogP contribution in [-0.4, -0.2) is 22.8 Å². The normalized spacial score (nSPS) is 17.4. The quantitative estimate of drug-likeness (QED) is 0.807. The molecule has 0 radical (unpaired) electrons. The molecule has 3 rings (SSSR count). The Morgan fingerprint density at radius 1 is 1.30 bits per heavy atom. The zero-order valence-corrected chi connectivity index (χ0v) is 15.1. The first-order chi connectivity index (χ1) is 12.8. The number of hydrogen-bond donors (Lipinski definition) is 2. The van der Waals surface area contributed by atoms with Crippen molar-refractivity contribution in [2.75, 3.05) is 5.32 Å². The molecular formula is C18H18F3N3O2S. The first kappa shape index (κ1) is 19.3. The van der Waals surface area contributed by atoms with E-state index in [1.165, 1.54) is 23.5 Å². The van der Waals surface area contributed by atoms with Crippen molar-refractivity contribution in [3.63, 3.8) is 0 Å². The molecule has 144 valence electrons. The molecule has 2 aromatic rings. The number of hydrogen-bond acceptors (Lipinski definition) is 4. The predicted octanol–water partition coefficient (Wildman–Crippen LogP) is 3.75. The third-order valence-electron chi connectivity index (χ3n) is 4.21. The van der Waals surface area contributed by atoms with Crippen molar-refractivity contribution >= 4 is 28.3 Å². The van der Waals surface area contributed by atoms with Crippen LogP contribution in [0, 0.1) is 0 Å². The Morgan fingerprint density at radius 3 is 2.70 bits per heavy atom. The molecule has 2 N–H and O–H groups in total. The van der Waals surface area contributed by atoms with Crippen molar-refractivity contribution in [2.45, 2.75) is 44.3 Å². The molecule has 1 fully saturated rings. The monoisotopic (exact) mass is 397 g/mol. The lowest BCUT2D eigenvalue weighted by molar-refractivity contribution is -0.137. The van der Waals surface area contributed by atoms with E-state index in [-0.39, 0.29) is 24.3 Å². The maximum atomic E-state index is 12.6. The van der Waals surface area contributed by atoms with Gasteiger partial charge in [-0.05, 0) is 30.5 Å². The lowest BCUT2D eigenvalue weighted by Gasteiger charge is -2.22. The van der Waals surface area contributed by atoms with E-state index >= 15 is 0 Å². The third kappa shape index (κ3) is 5.53. The molecule has 1 atom stereocenters. The lowest BCUT2D eigenvalue weighted by Crippen LogP contribution is -2.40. The fourth-order valence-electron chi connectivity index (χ4n) is 2.89. The van der Waals surface area contributed by atoms with Crippen molar-refractivity contribution in [2.24, 2.45) is 0 Å². The van der Waals surface area contributed by atoms with Gasteiger partial charge in [0.15, 0.2) is 5.13 Å². The van der Waals surface area contributed by atoms with Gasteiger partial charge in [-0.15, -0.1) is 11.3 Å². The van der Waals surface area contributed by atoms with Crippen LogP contribution in [0.2, 0.25) is 0 Å². The Morgan fingerprint density at radius 2 is 2.04 bits per heavy atom. The summed E-state index contributed by atoms with van der Waals surface area (Å²) >= 11 is 1.28. The van der Waals surface area contributed by atoms with Crippen molar-refractivity contribution in [3.05, 3.63) is 46.5 Å². The molecule has 2 amide bonds. The molecule has 1 aromatic carbocycles. The Bertz CT molecular complexity index is 818.